The fourth-order valence-corrected chi connectivity index (χ4v) is 4.32. The summed E-state index contributed by atoms with van der Waals surface area (Å²) < 4.78 is 58.9. The number of unbranched alkanes of at least 4 members (excludes halogenated alkanes) is 2. The molecule has 0 saturated heterocycles. The third-order valence-electron chi connectivity index (χ3n) is 5.91. The maximum Gasteiger partial charge on any atom is 1.00 e. The Hall–Kier alpha value is -1.07. The second-order valence-electron chi connectivity index (χ2n) is 8.96. The molecule has 1 aromatic carbocycles. The van der Waals surface area contributed by atoms with E-state index in [1.165, 1.54) is 0 Å². The Bertz CT molecular complexity index is 915. The molecule has 1 rings (SSSR count). The second kappa shape index (κ2) is 23.6. The van der Waals surface area contributed by atoms with Crippen molar-refractivity contribution in [3.05, 3.63) is 30.3 Å². The van der Waals surface area contributed by atoms with Crippen molar-refractivity contribution in [2.75, 3.05) is 13.2 Å². The molecule has 4 unspecified atom stereocenters. The Balaban J connectivity index is 0. The monoisotopic (exact) mass is 600 g/mol. The van der Waals surface area contributed by atoms with Gasteiger partial charge >= 0.3 is 49.8 Å². The number of hydrogen-bond acceptors (Lipinski definition) is 10. The van der Waals surface area contributed by atoms with Gasteiger partial charge in [0.2, 0.25) is 0 Å². The summed E-state index contributed by atoms with van der Waals surface area (Å²) in [6.07, 6.45) is 6.58. The zero-order valence-corrected chi connectivity index (χ0v) is 27.5. The normalized spacial score (nSPS) is 13.4. The molecular formula is C26H42NaO10PS. The van der Waals surface area contributed by atoms with Crippen LogP contribution in [0.15, 0.2) is 30.3 Å². The number of benzene rings is 1. The first-order valence-corrected chi connectivity index (χ1v) is 15.7. The van der Waals surface area contributed by atoms with Gasteiger partial charge in [-0.25, -0.2) is 8.42 Å². The number of esters is 2. The minimum Gasteiger partial charge on any atom is -0.747 e. The molecule has 4 atom stereocenters. The van der Waals surface area contributed by atoms with Gasteiger partial charge < -0.3 is 18.9 Å². The standard InChI is InChI=1S/C20H38O7S.C6H5O3P.Na/c1-5-9-11-16(7-3)14-26-19(21)13-18(28(23,24)25)20(22)27-15-17(8-4)12-10-6-2;7-10(8)9-6-4-2-1-3-5-6;/h16-18H,5-15H2,1-4H3,(H,23,24,25);1-5H;/q;;+1/p-1. The van der Waals surface area contributed by atoms with E-state index in [2.05, 4.69) is 18.4 Å². The predicted octanol–water partition coefficient (Wildman–Crippen LogP) is 1.90. The Morgan fingerprint density at radius 1 is 0.897 bits per heavy atom. The average Bonchev–Trinajstić information content (AvgIpc) is 2.87. The second-order valence-corrected chi connectivity index (χ2v) is 11.1. The van der Waals surface area contributed by atoms with E-state index in [4.69, 9.17) is 9.47 Å². The SMILES string of the molecule is CCCCC(CC)COC(=O)CC(C(=O)OCC(CC)CCCC)S(=O)(=O)[O-].O=[P+]([O-])Oc1ccccc1.[Na+]. The van der Waals surface area contributed by atoms with Crippen LogP contribution in [0, 0.1) is 11.8 Å². The van der Waals surface area contributed by atoms with Gasteiger partial charge in [0.05, 0.1) is 19.6 Å². The van der Waals surface area contributed by atoms with Crippen LogP contribution in [0.2, 0.25) is 0 Å². The Kier molecular flexibility index (Phi) is 24.3. The van der Waals surface area contributed by atoms with Crippen LogP contribution in [0.5, 0.6) is 5.75 Å². The van der Waals surface area contributed by atoms with E-state index in [-0.39, 0.29) is 54.6 Å². The largest absolute Gasteiger partial charge is 1.00 e. The molecule has 0 fully saturated rings. The van der Waals surface area contributed by atoms with Gasteiger partial charge in [-0.2, -0.15) is 0 Å². The number of carbonyl (C=O) groups is 2. The summed E-state index contributed by atoms with van der Waals surface area (Å²) >= 11 is 0. The van der Waals surface area contributed by atoms with Gasteiger partial charge in [0.1, 0.15) is 10.1 Å². The van der Waals surface area contributed by atoms with Crippen molar-refractivity contribution < 1.29 is 75.6 Å². The van der Waals surface area contributed by atoms with E-state index in [0.29, 0.717) is 5.75 Å². The maximum absolute atomic E-state index is 12.1. The minimum absolute atomic E-state index is 0. The van der Waals surface area contributed by atoms with Crippen LogP contribution in [-0.2, 0) is 33.7 Å². The number of ether oxygens (including phenoxy) is 2. The molecule has 10 nitrogen and oxygen atoms in total. The Morgan fingerprint density at radius 3 is 1.79 bits per heavy atom. The van der Waals surface area contributed by atoms with Crippen LogP contribution >= 0.6 is 8.25 Å². The maximum atomic E-state index is 12.1. The van der Waals surface area contributed by atoms with E-state index >= 15 is 0 Å². The van der Waals surface area contributed by atoms with Crippen molar-refractivity contribution in [3.8, 4) is 5.75 Å². The summed E-state index contributed by atoms with van der Waals surface area (Å²) in [6, 6.07) is 8.34. The number of hydrogen-bond donors (Lipinski definition) is 0. The van der Waals surface area contributed by atoms with Crippen LogP contribution in [0.4, 0.5) is 0 Å². The first-order valence-electron chi connectivity index (χ1n) is 13.1. The molecule has 0 aliphatic carbocycles. The molecule has 218 valence electrons. The van der Waals surface area contributed by atoms with E-state index in [9.17, 15) is 32.0 Å². The van der Waals surface area contributed by atoms with Gasteiger partial charge in [-0.3, -0.25) is 14.1 Å². The van der Waals surface area contributed by atoms with Gasteiger partial charge in [0, 0.05) is 0 Å². The van der Waals surface area contributed by atoms with Crippen molar-refractivity contribution in [3.63, 3.8) is 0 Å². The molecule has 0 heterocycles. The van der Waals surface area contributed by atoms with Crippen LogP contribution < -0.4 is 39.0 Å². The van der Waals surface area contributed by atoms with Gasteiger partial charge in [0.25, 0.3) is 0 Å². The zero-order chi connectivity index (χ0) is 29.0. The summed E-state index contributed by atoms with van der Waals surface area (Å²) in [5, 5.41) is -2.06. The number of rotatable bonds is 18. The van der Waals surface area contributed by atoms with Gasteiger partial charge in [-0.05, 0) is 41.4 Å². The van der Waals surface area contributed by atoms with Gasteiger partial charge in [-0.1, -0.05) is 84.4 Å². The molecule has 39 heavy (non-hydrogen) atoms. The van der Waals surface area contributed by atoms with Crippen molar-refractivity contribution in [2.24, 2.45) is 11.8 Å². The van der Waals surface area contributed by atoms with Crippen LogP contribution in [-0.4, -0.2) is 43.4 Å². The number of carbonyl (C=O) groups excluding carboxylic acids is 2. The predicted molar refractivity (Wildman–Crippen MR) is 141 cm³/mol. The molecule has 0 bridgehead atoms. The Morgan fingerprint density at radius 2 is 1.38 bits per heavy atom. The molecule has 0 spiro atoms. The average molecular weight is 601 g/mol. The molecular weight excluding hydrogens is 558 g/mol. The summed E-state index contributed by atoms with van der Waals surface area (Å²) in [5.74, 6) is -1.40. The molecule has 0 amide bonds. The fourth-order valence-electron chi connectivity index (χ4n) is 3.38. The van der Waals surface area contributed by atoms with Crippen LogP contribution in [0.1, 0.15) is 85.5 Å². The van der Waals surface area contributed by atoms with Crippen LogP contribution in [0.3, 0.4) is 0 Å². The molecule has 0 radical (unpaired) electrons. The smallest absolute Gasteiger partial charge is 0.747 e. The summed E-state index contributed by atoms with van der Waals surface area (Å²) in [7, 11) is -7.79. The molecule has 13 heteroatoms. The van der Waals surface area contributed by atoms with E-state index < -0.39 is 42.0 Å². The van der Waals surface area contributed by atoms with E-state index in [0.717, 1.165) is 51.4 Å². The molecule has 0 aliphatic rings. The molecule has 0 N–H and O–H groups in total. The first-order chi connectivity index (χ1) is 18.0. The third kappa shape index (κ3) is 20.5. The van der Waals surface area contributed by atoms with E-state index in [1.807, 2.05) is 13.8 Å². The number of para-hydroxylation sites is 1. The topological polar surface area (TPSA) is 159 Å². The van der Waals surface area contributed by atoms with Gasteiger partial charge in [0.15, 0.2) is 11.0 Å². The van der Waals surface area contributed by atoms with Crippen molar-refractivity contribution in [1.29, 1.82) is 0 Å². The fraction of sp³-hybridized carbons (Fsp3) is 0.692. The zero-order valence-electron chi connectivity index (χ0n) is 23.8. The molecule has 0 saturated carbocycles. The van der Waals surface area contributed by atoms with E-state index in [1.54, 1.807) is 30.3 Å². The Labute approximate surface area is 256 Å². The minimum atomic E-state index is -5.01. The summed E-state index contributed by atoms with van der Waals surface area (Å²) in [4.78, 5) is 34.1. The molecule has 1 aromatic rings. The van der Waals surface area contributed by atoms with Crippen molar-refractivity contribution in [1.82, 2.24) is 0 Å². The van der Waals surface area contributed by atoms with Crippen LogP contribution in [0.25, 0.3) is 0 Å². The summed E-state index contributed by atoms with van der Waals surface area (Å²) in [5.41, 5.74) is 0. The molecule has 0 aromatic heterocycles. The third-order valence-corrected chi connectivity index (χ3v) is 7.33. The van der Waals surface area contributed by atoms with Gasteiger partial charge in [-0.15, -0.1) is 0 Å². The quantitative estimate of drug-likeness (QED) is 0.105. The van der Waals surface area contributed by atoms with Crippen molar-refractivity contribution in [2.45, 2.75) is 90.7 Å². The first kappa shape index (κ1) is 40.1. The molecule has 0 aliphatic heterocycles. The van der Waals surface area contributed by atoms with Crippen molar-refractivity contribution >= 4 is 30.3 Å². The summed E-state index contributed by atoms with van der Waals surface area (Å²) in [6.45, 7) is 8.26.